The molecule has 0 aromatic heterocycles. The first-order valence-electron chi connectivity index (χ1n) is 6.28. The molecule has 1 aromatic rings. The minimum Gasteiger partial charge on any atom is -0.326 e. The number of rotatable bonds is 4. The van der Waals surface area contributed by atoms with Crippen molar-refractivity contribution in [1.29, 1.82) is 0 Å². The highest BCUT2D eigenvalue weighted by Crippen LogP contribution is 2.18. The molecule has 2 heteroatoms. The second-order valence-electron chi connectivity index (χ2n) is 5.34. The first-order valence-corrected chi connectivity index (χ1v) is 6.28. The zero-order chi connectivity index (χ0) is 13.0. The van der Waals surface area contributed by atoms with Crippen molar-refractivity contribution in [3.63, 3.8) is 0 Å². The number of anilines is 1. The maximum atomic E-state index is 12.0. The van der Waals surface area contributed by atoms with Gasteiger partial charge in [0.05, 0.1) is 0 Å². The average molecular weight is 233 g/mol. The molecule has 2 nitrogen and oxygen atoms in total. The number of hydrogen-bond donors (Lipinski definition) is 1. The largest absolute Gasteiger partial charge is 0.326 e. The fraction of sp³-hybridized carbons (Fsp3) is 0.533. The van der Waals surface area contributed by atoms with Crippen LogP contribution in [-0.4, -0.2) is 5.91 Å². The van der Waals surface area contributed by atoms with Crippen LogP contribution in [0.15, 0.2) is 18.2 Å². The van der Waals surface area contributed by atoms with Crippen LogP contribution >= 0.6 is 0 Å². The summed E-state index contributed by atoms with van der Waals surface area (Å²) in [5, 5.41) is 3.00. The summed E-state index contributed by atoms with van der Waals surface area (Å²) in [6.07, 6.45) is 0.927. The number of benzene rings is 1. The zero-order valence-electron chi connectivity index (χ0n) is 11.5. The standard InChI is InChI=1S/C15H23NO/c1-10(2)8-13(5)15(17)16-14-7-6-11(3)9-12(14)4/h6-7,9-10,13H,8H2,1-5H3,(H,16,17). The molecule has 1 atom stereocenters. The van der Waals surface area contributed by atoms with Crippen LogP contribution < -0.4 is 5.32 Å². The van der Waals surface area contributed by atoms with Gasteiger partial charge in [-0.3, -0.25) is 4.79 Å². The van der Waals surface area contributed by atoms with Crippen molar-refractivity contribution >= 4 is 11.6 Å². The SMILES string of the molecule is Cc1ccc(NC(=O)C(C)CC(C)C)c(C)c1. The lowest BCUT2D eigenvalue weighted by Crippen LogP contribution is -2.22. The van der Waals surface area contributed by atoms with Crippen molar-refractivity contribution in [2.45, 2.75) is 41.0 Å². The third-order valence-corrected chi connectivity index (χ3v) is 2.91. The van der Waals surface area contributed by atoms with E-state index in [2.05, 4.69) is 32.2 Å². The molecule has 1 amide bonds. The molecule has 1 N–H and O–H groups in total. The monoisotopic (exact) mass is 233 g/mol. The molecule has 0 aliphatic rings. The molecular formula is C15H23NO. The van der Waals surface area contributed by atoms with E-state index in [1.807, 2.05) is 26.0 Å². The van der Waals surface area contributed by atoms with E-state index in [-0.39, 0.29) is 11.8 Å². The summed E-state index contributed by atoms with van der Waals surface area (Å²) in [6, 6.07) is 6.09. The predicted octanol–water partition coefficient (Wildman–Crippen LogP) is 3.92. The Hall–Kier alpha value is -1.31. The summed E-state index contributed by atoms with van der Waals surface area (Å²) >= 11 is 0. The highest BCUT2D eigenvalue weighted by molar-refractivity contribution is 5.93. The minimum atomic E-state index is 0.0655. The van der Waals surface area contributed by atoms with Gasteiger partial charge in [-0.15, -0.1) is 0 Å². The van der Waals surface area contributed by atoms with Crippen molar-refractivity contribution in [1.82, 2.24) is 0 Å². The van der Waals surface area contributed by atoms with Crippen molar-refractivity contribution in [2.75, 3.05) is 5.32 Å². The molecule has 1 unspecified atom stereocenters. The van der Waals surface area contributed by atoms with Crippen molar-refractivity contribution in [3.05, 3.63) is 29.3 Å². The van der Waals surface area contributed by atoms with E-state index in [1.54, 1.807) is 0 Å². The van der Waals surface area contributed by atoms with Gasteiger partial charge in [0.2, 0.25) is 5.91 Å². The highest BCUT2D eigenvalue weighted by atomic mass is 16.1. The van der Waals surface area contributed by atoms with Crippen molar-refractivity contribution in [2.24, 2.45) is 11.8 Å². The summed E-state index contributed by atoms with van der Waals surface area (Å²) < 4.78 is 0. The molecule has 0 saturated carbocycles. The quantitative estimate of drug-likeness (QED) is 0.839. The van der Waals surface area contributed by atoms with Gasteiger partial charge in [0.15, 0.2) is 0 Å². The Balaban J connectivity index is 2.67. The molecule has 0 aliphatic carbocycles. The summed E-state index contributed by atoms with van der Waals surface area (Å²) in [5.41, 5.74) is 3.27. The van der Waals surface area contributed by atoms with Crippen molar-refractivity contribution < 1.29 is 4.79 Å². The number of carbonyl (C=O) groups is 1. The summed E-state index contributed by atoms with van der Waals surface area (Å²) in [6.45, 7) is 10.3. The summed E-state index contributed by atoms with van der Waals surface area (Å²) in [4.78, 5) is 12.0. The maximum Gasteiger partial charge on any atom is 0.227 e. The molecule has 0 radical (unpaired) electrons. The second kappa shape index (κ2) is 5.85. The third kappa shape index (κ3) is 4.22. The molecule has 0 fully saturated rings. The van der Waals surface area contributed by atoms with Gasteiger partial charge < -0.3 is 5.32 Å². The Bertz CT molecular complexity index is 396. The smallest absolute Gasteiger partial charge is 0.227 e. The van der Waals surface area contributed by atoms with Gasteiger partial charge >= 0.3 is 0 Å². The highest BCUT2D eigenvalue weighted by Gasteiger charge is 2.15. The maximum absolute atomic E-state index is 12.0. The van der Waals surface area contributed by atoms with E-state index < -0.39 is 0 Å². The van der Waals surface area contributed by atoms with Crippen molar-refractivity contribution in [3.8, 4) is 0 Å². The van der Waals surface area contributed by atoms with Crippen LogP contribution in [0.5, 0.6) is 0 Å². The summed E-state index contributed by atoms with van der Waals surface area (Å²) in [5.74, 6) is 0.733. The Morgan fingerprint density at radius 2 is 1.88 bits per heavy atom. The number of amides is 1. The van der Waals surface area contributed by atoms with Crippen LogP contribution in [0, 0.1) is 25.7 Å². The van der Waals surface area contributed by atoms with Gasteiger partial charge in [-0.1, -0.05) is 38.5 Å². The lowest BCUT2D eigenvalue weighted by atomic mass is 9.98. The van der Waals surface area contributed by atoms with Crippen LogP contribution in [0.1, 0.15) is 38.3 Å². The number of carbonyl (C=O) groups excluding carboxylic acids is 1. The molecule has 0 aliphatic heterocycles. The Kier molecular flexibility index (Phi) is 4.73. The van der Waals surface area contributed by atoms with Crippen LogP contribution in [0.2, 0.25) is 0 Å². The summed E-state index contributed by atoms with van der Waals surface area (Å²) in [7, 11) is 0. The first-order chi connectivity index (χ1) is 7.90. The fourth-order valence-electron chi connectivity index (χ4n) is 2.02. The van der Waals surface area contributed by atoms with Crippen LogP contribution in [0.3, 0.4) is 0 Å². The molecule has 1 rings (SSSR count). The molecule has 17 heavy (non-hydrogen) atoms. The van der Waals surface area contributed by atoms with Crippen LogP contribution in [0.25, 0.3) is 0 Å². The Morgan fingerprint density at radius 1 is 1.24 bits per heavy atom. The molecule has 0 bridgehead atoms. The van der Waals surface area contributed by atoms with Crippen LogP contribution in [0.4, 0.5) is 5.69 Å². The normalized spacial score (nSPS) is 12.6. The number of aryl methyl sites for hydroxylation is 2. The zero-order valence-corrected chi connectivity index (χ0v) is 11.5. The van der Waals surface area contributed by atoms with Gasteiger partial charge in [0.25, 0.3) is 0 Å². The van der Waals surface area contributed by atoms with Gasteiger partial charge in [0, 0.05) is 11.6 Å². The molecular weight excluding hydrogens is 210 g/mol. The molecule has 0 spiro atoms. The van der Waals surface area contributed by atoms with E-state index in [4.69, 9.17) is 0 Å². The molecule has 1 aromatic carbocycles. The fourth-order valence-corrected chi connectivity index (χ4v) is 2.02. The van der Waals surface area contributed by atoms with E-state index in [0.717, 1.165) is 17.7 Å². The van der Waals surface area contributed by atoms with E-state index >= 15 is 0 Å². The van der Waals surface area contributed by atoms with E-state index in [9.17, 15) is 4.79 Å². The third-order valence-electron chi connectivity index (χ3n) is 2.91. The topological polar surface area (TPSA) is 29.1 Å². The molecule has 0 saturated heterocycles. The predicted molar refractivity (Wildman–Crippen MR) is 73.2 cm³/mol. The number of hydrogen-bond acceptors (Lipinski definition) is 1. The minimum absolute atomic E-state index is 0.0655. The van der Waals surface area contributed by atoms with E-state index in [1.165, 1.54) is 5.56 Å². The van der Waals surface area contributed by atoms with Gasteiger partial charge in [0.1, 0.15) is 0 Å². The van der Waals surface area contributed by atoms with E-state index in [0.29, 0.717) is 5.92 Å². The molecule has 94 valence electrons. The van der Waals surface area contributed by atoms with Gasteiger partial charge in [-0.05, 0) is 37.8 Å². The van der Waals surface area contributed by atoms with Crippen LogP contribution in [-0.2, 0) is 4.79 Å². The lowest BCUT2D eigenvalue weighted by molar-refractivity contribution is -0.119. The number of nitrogens with one attached hydrogen (secondary N) is 1. The lowest BCUT2D eigenvalue weighted by Gasteiger charge is -2.15. The van der Waals surface area contributed by atoms with Gasteiger partial charge in [-0.2, -0.15) is 0 Å². The Morgan fingerprint density at radius 3 is 2.41 bits per heavy atom. The molecule has 0 heterocycles. The second-order valence-corrected chi connectivity index (χ2v) is 5.34. The average Bonchev–Trinajstić information content (AvgIpc) is 2.21. The first kappa shape index (κ1) is 13.8. The van der Waals surface area contributed by atoms with Gasteiger partial charge in [-0.25, -0.2) is 0 Å². The Labute approximate surface area is 104 Å².